The van der Waals surface area contributed by atoms with Crippen molar-refractivity contribution < 1.29 is 4.74 Å². The molecule has 1 aliphatic rings. The molecular weight excluding hydrogens is 236 g/mol. The van der Waals surface area contributed by atoms with Crippen LogP contribution in [-0.4, -0.2) is 24.7 Å². The molecule has 2 rings (SSSR count). The first-order valence-electron chi connectivity index (χ1n) is 7.47. The molecule has 0 amide bonds. The van der Waals surface area contributed by atoms with Crippen LogP contribution in [0.5, 0.6) is 5.75 Å². The Hall–Kier alpha value is -1.09. The van der Waals surface area contributed by atoms with Gasteiger partial charge in [0, 0.05) is 6.20 Å². The lowest BCUT2D eigenvalue weighted by molar-refractivity contribution is 0.240. The van der Waals surface area contributed by atoms with Crippen molar-refractivity contribution >= 4 is 0 Å². The van der Waals surface area contributed by atoms with Crippen LogP contribution in [0.4, 0.5) is 0 Å². The standard InChI is InChI=1S/C16H26N2O/c1-12(2)19-15-8-14(10-18-11-15)16-7-5-4-6-13(16)9-17-3/h8,10-13,16-17H,4-7,9H2,1-3H3. The molecule has 0 radical (unpaired) electrons. The largest absolute Gasteiger partial charge is 0.489 e. The van der Waals surface area contributed by atoms with Gasteiger partial charge in [-0.05, 0) is 63.7 Å². The van der Waals surface area contributed by atoms with Gasteiger partial charge in [-0.3, -0.25) is 4.98 Å². The SMILES string of the molecule is CNCC1CCCCC1c1cncc(OC(C)C)c1. The zero-order chi connectivity index (χ0) is 13.7. The summed E-state index contributed by atoms with van der Waals surface area (Å²) < 4.78 is 5.76. The number of hydrogen-bond donors (Lipinski definition) is 1. The summed E-state index contributed by atoms with van der Waals surface area (Å²) in [7, 11) is 2.04. The Labute approximate surface area is 116 Å². The Morgan fingerprint density at radius 2 is 2.11 bits per heavy atom. The van der Waals surface area contributed by atoms with Gasteiger partial charge < -0.3 is 10.1 Å². The molecule has 0 spiro atoms. The number of hydrogen-bond acceptors (Lipinski definition) is 3. The molecule has 0 saturated heterocycles. The molecule has 1 saturated carbocycles. The molecule has 0 aliphatic heterocycles. The van der Waals surface area contributed by atoms with Gasteiger partial charge in [0.15, 0.2) is 0 Å². The van der Waals surface area contributed by atoms with Gasteiger partial charge in [-0.1, -0.05) is 12.8 Å². The number of ether oxygens (including phenoxy) is 1. The van der Waals surface area contributed by atoms with Gasteiger partial charge in [0.05, 0.1) is 12.3 Å². The van der Waals surface area contributed by atoms with E-state index in [0.717, 1.165) is 18.2 Å². The molecule has 3 heteroatoms. The number of rotatable bonds is 5. The van der Waals surface area contributed by atoms with Crippen LogP contribution < -0.4 is 10.1 Å². The Kier molecular flexibility index (Phi) is 5.20. The Morgan fingerprint density at radius 3 is 2.84 bits per heavy atom. The second kappa shape index (κ2) is 6.90. The topological polar surface area (TPSA) is 34.2 Å². The van der Waals surface area contributed by atoms with E-state index in [1.807, 2.05) is 19.4 Å². The van der Waals surface area contributed by atoms with Gasteiger partial charge in [0.2, 0.25) is 0 Å². The highest BCUT2D eigenvalue weighted by Crippen LogP contribution is 2.38. The first kappa shape index (κ1) is 14.3. The summed E-state index contributed by atoms with van der Waals surface area (Å²) in [5, 5.41) is 3.33. The normalized spacial score (nSPS) is 23.6. The molecule has 0 aromatic carbocycles. The maximum atomic E-state index is 5.76. The lowest BCUT2D eigenvalue weighted by Crippen LogP contribution is -2.27. The second-order valence-corrected chi connectivity index (χ2v) is 5.83. The zero-order valence-corrected chi connectivity index (χ0v) is 12.4. The molecule has 1 aromatic rings. The van der Waals surface area contributed by atoms with Crippen LogP contribution in [0.3, 0.4) is 0 Å². The van der Waals surface area contributed by atoms with Crippen molar-refractivity contribution in [3.05, 3.63) is 24.0 Å². The minimum atomic E-state index is 0.205. The fourth-order valence-electron chi connectivity index (χ4n) is 3.13. The van der Waals surface area contributed by atoms with Crippen molar-refractivity contribution in [2.45, 2.75) is 51.6 Å². The van der Waals surface area contributed by atoms with Crippen LogP contribution in [0.2, 0.25) is 0 Å². The molecule has 106 valence electrons. The molecule has 1 aliphatic carbocycles. The fraction of sp³-hybridized carbons (Fsp3) is 0.688. The minimum Gasteiger partial charge on any atom is -0.489 e. The van der Waals surface area contributed by atoms with Gasteiger partial charge in [-0.15, -0.1) is 0 Å². The van der Waals surface area contributed by atoms with Crippen LogP contribution in [0.1, 0.15) is 51.0 Å². The Balaban J connectivity index is 2.14. The highest BCUT2D eigenvalue weighted by atomic mass is 16.5. The van der Waals surface area contributed by atoms with Crippen LogP contribution in [0.25, 0.3) is 0 Å². The summed E-state index contributed by atoms with van der Waals surface area (Å²) in [6, 6.07) is 2.19. The number of nitrogens with one attached hydrogen (secondary N) is 1. The quantitative estimate of drug-likeness (QED) is 0.883. The first-order chi connectivity index (χ1) is 9.20. The third kappa shape index (κ3) is 3.93. The lowest BCUT2D eigenvalue weighted by Gasteiger charge is -2.31. The third-order valence-electron chi connectivity index (χ3n) is 3.91. The van der Waals surface area contributed by atoms with Crippen molar-refractivity contribution in [2.75, 3.05) is 13.6 Å². The summed E-state index contributed by atoms with van der Waals surface area (Å²) in [5.41, 5.74) is 1.35. The van der Waals surface area contributed by atoms with E-state index in [2.05, 4.69) is 30.2 Å². The molecule has 0 bridgehead atoms. The third-order valence-corrected chi connectivity index (χ3v) is 3.91. The summed E-state index contributed by atoms with van der Waals surface area (Å²) in [5.74, 6) is 2.26. The first-order valence-corrected chi connectivity index (χ1v) is 7.47. The number of pyridine rings is 1. The summed E-state index contributed by atoms with van der Waals surface area (Å²) in [6.07, 6.45) is 9.33. The van der Waals surface area contributed by atoms with E-state index in [-0.39, 0.29) is 6.10 Å². The summed E-state index contributed by atoms with van der Waals surface area (Å²) >= 11 is 0. The van der Waals surface area contributed by atoms with Gasteiger partial charge in [-0.25, -0.2) is 0 Å². The molecule has 1 heterocycles. The Morgan fingerprint density at radius 1 is 1.32 bits per heavy atom. The van der Waals surface area contributed by atoms with Crippen molar-refractivity contribution in [2.24, 2.45) is 5.92 Å². The zero-order valence-electron chi connectivity index (χ0n) is 12.4. The average molecular weight is 262 g/mol. The number of aromatic nitrogens is 1. The van der Waals surface area contributed by atoms with E-state index in [0.29, 0.717) is 5.92 Å². The predicted molar refractivity (Wildman–Crippen MR) is 78.6 cm³/mol. The van der Waals surface area contributed by atoms with Crippen molar-refractivity contribution in [3.8, 4) is 5.75 Å². The van der Waals surface area contributed by atoms with Crippen molar-refractivity contribution in [1.29, 1.82) is 0 Å². The van der Waals surface area contributed by atoms with Crippen LogP contribution in [-0.2, 0) is 0 Å². The highest BCUT2D eigenvalue weighted by Gasteiger charge is 2.26. The molecule has 2 unspecified atom stereocenters. The van der Waals surface area contributed by atoms with Gasteiger partial charge in [0.1, 0.15) is 5.75 Å². The van der Waals surface area contributed by atoms with E-state index in [1.165, 1.54) is 31.2 Å². The van der Waals surface area contributed by atoms with Crippen molar-refractivity contribution in [3.63, 3.8) is 0 Å². The van der Waals surface area contributed by atoms with Gasteiger partial charge in [0.25, 0.3) is 0 Å². The molecule has 1 aromatic heterocycles. The van der Waals surface area contributed by atoms with Gasteiger partial charge in [-0.2, -0.15) is 0 Å². The van der Waals surface area contributed by atoms with E-state index in [1.54, 1.807) is 0 Å². The monoisotopic (exact) mass is 262 g/mol. The van der Waals surface area contributed by atoms with E-state index < -0.39 is 0 Å². The fourth-order valence-corrected chi connectivity index (χ4v) is 3.13. The average Bonchev–Trinajstić information content (AvgIpc) is 2.39. The van der Waals surface area contributed by atoms with Crippen LogP contribution in [0, 0.1) is 5.92 Å². The maximum absolute atomic E-state index is 5.76. The van der Waals surface area contributed by atoms with E-state index in [9.17, 15) is 0 Å². The molecule has 2 atom stereocenters. The maximum Gasteiger partial charge on any atom is 0.138 e. The molecular formula is C16H26N2O. The summed E-state index contributed by atoms with van der Waals surface area (Å²) in [4.78, 5) is 4.36. The van der Waals surface area contributed by atoms with E-state index >= 15 is 0 Å². The number of nitrogens with zero attached hydrogens (tertiary/aromatic N) is 1. The molecule has 3 nitrogen and oxygen atoms in total. The molecule has 1 N–H and O–H groups in total. The highest BCUT2D eigenvalue weighted by molar-refractivity contribution is 5.27. The molecule has 19 heavy (non-hydrogen) atoms. The minimum absolute atomic E-state index is 0.205. The van der Waals surface area contributed by atoms with Crippen molar-refractivity contribution in [1.82, 2.24) is 10.3 Å². The molecule has 1 fully saturated rings. The second-order valence-electron chi connectivity index (χ2n) is 5.83. The van der Waals surface area contributed by atoms with Crippen LogP contribution in [0.15, 0.2) is 18.5 Å². The van der Waals surface area contributed by atoms with Gasteiger partial charge >= 0.3 is 0 Å². The smallest absolute Gasteiger partial charge is 0.138 e. The summed E-state index contributed by atoms with van der Waals surface area (Å²) in [6.45, 7) is 5.20. The lowest BCUT2D eigenvalue weighted by atomic mass is 9.76. The van der Waals surface area contributed by atoms with E-state index in [4.69, 9.17) is 4.74 Å². The van der Waals surface area contributed by atoms with Crippen LogP contribution >= 0.6 is 0 Å². The Bertz CT molecular complexity index is 390. The predicted octanol–water partition coefficient (Wildman–Crippen LogP) is 3.36.